The van der Waals surface area contributed by atoms with Crippen LogP contribution in [-0.4, -0.2) is 47.7 Å². The highest BCUT2D eigenvalue weighted by Gasteiger charge is 2.26. The number of ether oxygens (including phenoxy) is 1. The van der Waals surface area contributed by atoms with E-state index in [4.69, 9.17) is 9.84 Å². The Labute approximate surface area is 94.7 Å². The van der Waals surface area contributed by atoms with Crippen LogP contribution in [-0.2, 0) is 14.3 Å². The van der Waals surface area contributed by atoms with Crippen LogP contribution in [0.2, 0.25) is 0 Å². The molecule has 0 radical (unpaired) electrons. The fraction of sp³-hybridized carbons (Fsp3) is 0.636. The summed E-state index contributed by atoms with van der Waals surface area (Å²) in [7, 11) is 0. The van der Waals surface area contributed by atoms with Gasteiger partial charge in [-0.15, -0.1) is 0 Å². The van der Waals surface area contributed by atoms with Crippen LogP contribution in [0.15, 0.2) is 11.1 Å². The minimum absolute atomic E-state index is 0.00204. The third-order valence-corrected chi connectivity index (χ3v) is 2.83. The third-order valence-electron chi connectivity index (χ3n) is 2.83. The van der Waals surface area contributed by atoms with E-state index in [1.54, 1.807) is 11.8 Å². The number of carboxylic acids is 1. The van der Waals surface area contributed by atoms with Crippen molar-refractivity contribution in [3.63, 3.8) is 0 Å². The molecule has 1 rings (SSSR count). The van der Waals surface area contributed by atoms with E-state index in [1.807, 2.05) is 6.92 Å². The summed E-state index contributed by atoms with van der Waals surface area (Å²) in [4.78, 5) is 24.4. The van der Waals surface area contributed by atoms with Crippen LogP contribution in [0, 0.1) is 0 Å². The molecule has 0 spiro atoms. The number of amides is 1. The highest BCUT2D eigenvalue weighted by molar-refractivity contribution is 6.01. The molecule has 0 unspecified atom stereocenters. The largest absolute Gasteiger partial charge is 0.478 e. The zero-order chi connectivity index (χ0) is 12.3. The van der Waals surface area contributed by atoms with Gasteiger partial charge in [0.15, 0.2) is 0 Å². The van der Waals surface area contributed by atoms with Crippen LogP contribution in [0.3, 0.4) is 0 Å². The molecular formula is C11H17NO4. The van der Waals surface area contributed by atoms with Gasteiger partial charge >= 0.3 is 5.97 Å². The molecule has 0 aliphatic carbocycles. The maximum atomic E-state index is 12.0. The summed E-state index contributed by atoms with van der Waals surface area (Å²) in [6.07, 6.45) is 0. The third kappa shape index (κ3) is 2.61. The monoisotopic (exact) mass is 227 g/mol. The van der Waals surface area contributed by atoms with Crippen molar-refractivity contribution in [2.75, 3.05) is 19.8 Å². The minimum atomic E-state index is -1.05. The van der Waals surface area contributed by atoms with Crippen molar-refractivity contribution in [2.24, 2.45) is 0 Å². The molecule has 1 atom stereocenters. The molecule has 16 heavy (non-hydrogen) atoms. The molecule has 1 fully saturated rings. The van der Waals surface area contributed by atoms with Crippen LogP contribution in [0.25, 0.3) is 0 Å². The second kappa shape index (κ2) is 5.12. The first-order chi connectivity index (χ1) is 7.45. The summed E-state index contributed by atoms with van der Waals surface area (Å²) in [5.41, 5.74) is 0.393. The van der Waals surface area contributed by atoms with Gasteiger partial charge in [-0.2, -0.15) is 0 Å². The van der Waals surface area contributed by atoms with Gasteiger partial charge in [-0.1, -0.05) is 0 Å². The first-order valence-electron chi connectivity index (χ1n) is 5.24. The molecule has 5 heteroatoms. The Hall–Kier alpha value is -1.36. The first-order valence-corrected chi connectivity index (χ1v) is 5.24. The predicted octanol–water partition coefficient (Wildman–Crippen LogP) is 0.655. The minimum Gasteiger partial charge on any atom is -0.478 e. The van der Waals surface area contributed by atoms with Crippen molar-refractivity contribution in [1.29, 1.82) is 0 Å². The first kappa shape index (κ1) is 12.7. The molecule has 0 aromatic rings. The van der Waals surface area contributed by atoms with E-state index in [-0.39, 0.29) is 17.5 Å². The van der Waals surface area contributed by atoms with Gasteiger partial charge in [0, 0.05) is 17.7 Å². The van der Waals surface area contributed by atoms with Crippen molar-refractivity contribution >= 4 is 11.9 Å². The summed E-state index contributed by atoms with van der Waals surface area (Å²) in [5, 5.41) is 8.81. The number of carbonyl (C=O) groups is 2. The molecule has 1 N–H and O–H groups in total. The lowest BCUT2D eigenvalue weighted by Gasteiger charge is -2.33. The molecule has 5 nitrogen and oxygen atoms in total. The lowest BCUT2D eigenvalue weighted by Crippen LogP contribution is -2.47. The van der Waals surface area contributed by atoms with E-state index < -0.39 is 5.97 Å². The van der Waals surface area contributed by atoms with E-state index in [1.165, 1.54) is 6.92 Å². The van der Waals surface area contributed by atoms with E-state index >= 15 is 0 Å². The van der Waals surface area contributed by atoms with Crippen LogP contribution >= 0.6 is 0 Å². The molecule has 90 valence electrons. The number of rotatable bonds is 2. The topological polar surface area (TPSA) is 66.8 Å². The van der Waals surface area contributed by atoms with Gasteiger partial charge in [0.25, 0.3) is 0 Å². The molecule has 0 aromatic heterocycles. The Morgan fingerprint density at radius 2 is 1.94 bits per heavy atom. The van der Waals surface area contributed by atoms with Crippen LogP contribution in [0.4, 0.5) is 0 Å². The van der Waals surface area contributed by atoms with E-state index in [0.717, 1.165) is 0 Å². The molecule has 1 amide bonds. The van der Waals surface area contributed by atoms with Gasteiger partial charge in [-0.3, -0.25) is 4.79 Å². The molecule has 0 bridgehead atoms. The molecule has 0 saturated carbocycles. The fourth-order valence-electron chi connectivity index (χ4n) is 1.57. The quantitative estimate of drug-likeness (QED) is 0.703. The molecule has 1 aliphatic heterocycles. The van der Waals surface area contributed by atoms with Crippen LogP contribution in [0.5, 0.6) is 0 Å². The van der Waals surface area contributed by atoms with Crippen molar-refractivity contribution in [3.05, 3.63) is 11.1 Å². The summed E-state index contributed by atoms with van der Waals surface area (Å²) < 4.78 is 5.22. The van der Waals surface area contributed by atoms with Gasteiger partial charge in [-0.25, -0.2) is 4.79 Å². The van der Waals surface area contributed by atoms with Crippen molar-refractivity contribution < 1.29 is 19.4 Å². The Bertz CT molecular complexity index is 335. The Balaban J connectivity index is 2.84. The highest BCUT2D eigenvalue weighted by Crippen LogP contribution is 2.13. The summed E-state index contributed by atoms with van der Waals surface area (Å²) >= 11 is 0. The van der Waals surface area contributed by atoms with E-state index in [2.05, 4.69) is 0 Å². The summed E-state index contributed by atoms with van der Waals surface area (Å²) in [5.74, 6) is -1.26. The highest BCUT2D eigenvalue weighted by atomic mass is 16.5. The lowest BCUT2D eigenvalue weighted by atomic mass is 10.1. The van der Waals surface area contributed by atoms with Gasteiger partial charge in [0.1, 0.15) is 0 Å². The maximum absolute atomic E-state index is 12.0. The van der Waals surface area contributed by atoms with E-state index in [9.17, 15) is 9.59 Å². The van der Waals surface area contributed by atoms with Gasteiger partial charge < -0.3 is 14.7 Å². The summed E-state index contributed by atoms with van der Waals surface area (Å²) in [6.45, 7) is 6.42. The second-order valence-corrected chi connectivity index (χ2v) is 3.98. The Kier molecular flexibility index (Phi) is 4.06. The zero-order valence-corrected chi connectivity index (χ0v) is 9.82. The Morgan fingerprint density at radius 1 is 1.31 bits per heavy atom. The molecule has 1 saturated heterocycles. The smallest absolute Gasteiger partial charge is 0.331 e. The van der Waals surface area contributed by atoms with Crippen LogP contribution < -0.4 is 0 Å². The Morgan fingerprint density at radius 3 is 2.44 bits per heavy atom. The average molecular weight is 227 g/mol. The number of morpholine rings is 1. The number of aliphatic carboxylic acids is 1. The van der Waals surface area contributed by atoms with Gasteiger partial charge in [-0.05, 0) is 20.8 Å². The molecule has 1 heterocycles. The average Bonchev–Trinajstić information content (AvgIpc) is 2.26. The normalized spacial score (nSPS) is 22.7. The molecular weight excluding hydrogens is 210 g/mol. The number of hydrogen-bond acceptors (Lipinski definition) is 3. The standard InChI is InChI=1S/C11H17NO4/c1-7-6-16-5-4-12(7)10(13)8(2)9(3)11(14)15/h7H,4-6H2,1-3H3,(H,14,15)/t7-/m1/s1. The van der Waals surface area contributed by atoms with Gasteiger partial charge in [0.2, 0.25) is 5.91 Å². The van der Waals surface area contributed by atoms with E-state index in [0.29, 0.717) is 25.3 Å². The van der Waals surface area contributed by atoms with Gasteiger partial charge in [0.05, 0.1) is 19.3 Å². The molecule has 0 aromatic carbocycles. The maximum Gasteiger partial charge on any atom is 0.331 e. The lowest BCUT2D eigenvalue weighted by molar-refractivity contribution is -0.136. The van der Waals surface area contributed by atoms with Crippen molar-refractivity contribution in [2.45, 2.75) is 26.8 Å². The van der Waals surface area contributed by atoms with Crippen molar-refractivity contribution in [1.82, 2.24) is 4.90 Å². The fourth-order valence-corrected chi connectivity index (χ4v) is 1.57. The number of carbonyl (C=O) groups excluding carboxylic acids is 1. The van der Waals surface area contributed by atoms with Crippen molar-refractivity contribution in [3.8, 4) is 0 Å². The SMILES string of the molecule is CC(C(=O)O)=C(C)C(=O)N1CCOC[C@H]1C. The summed E-state index contributed by atoms with van der Waals surface area (Å²) in [6, 6.07) is -0.00204. The molecule has 1 aliphatic rings. The number of nitrogens with zero attached hydrogens (tertiary/aromatic N) is 1. The number of hydrogen-bond donors (Lipinski definition) is 1. The predicted molar refractivity (Wildman–Crippen MR) is 58.0 cm³/mol. The van der Waals surface area contributed by atoms with Crippen LogP contribution in [0.1, 0.15) is 20.8 Å². The second-order valence-electron chi connectivity index (χ2n) is 3.98. The number of carboxylic acid groups (broad SMARTS) is 1. The zero-order valence-electron chi connectivity index (χ0n) is 9.82.